The lowest BCUT2D eigenvalue weighted by molar-refractivity contribution is -0.0537. The summed E-state index contributed by atoms with van der Waals surface area (Å²) in [6.07, 6.45) is 15.0. The molecule has 2 aromatic carbocycles. The number of ether oxygens (including phenoxy) is 1. The van der Waals surface area contributed by atoms with Gasteiger partial charge in [0.2, 0.25) is 0 Å². The number of rotatable bonds is 10. The van der Waals surface area contributed by atoms with Crippen LogP contribution in [0.4, 0.5) is 0 Å². The number of aliphatic hydroxyl groups is 1. The number of benzene rings is 2. The number of ketones is 1. The molecule has 6 nitrogen and oxygen atoms in total. The van der Waals surface area contributed by atoms with E-state index in [-0.39, 0.29) is 29.1 Å². The van der Waals surface area contributed by atoms with Gasteiger partial charge in [0.1, 0.15) is 5.75 Å². The van der Waals surface area contributed by atoms with Crippen molar-refractivity contribution in [3.05, 3.63) is 89.3 Å². The van der Waals surface area contributed by atoms with Gasteiger partial charge in [-0.25, -0.2) is 4.68 Å². The van der Waals surface area contributed by atoms with Crippen LogP contribution in [0.2, 0.25) is 0 Å². The van der Waals surface area contributed by atoms with Crippen molar-refractivity contribution in [1.82, 2.24) is 9.78 Å². The SMILES string of the molecule is C#CCCCOc1ccc(C(=O)c2ccc(-n3ncc4c3C[C@H](CO)[C@@](C)([C@H]3CC[C@]5(C)C(=C)CC[C@H]5[C@H]3CN)C4)cc2)cc1. The zero-order valence-corrected chi connectivity index (χ0v) is 26.8. The lowest BCUT2D eigenvalue weighted by Gasteiger charge is -2.55. The van der Waals surface area contributed by atoms with Gasteiger partial charge in [0, 0.05) is 29.8 Å². The minimum Gasteiger partial charge on any atom is -0.494 e. The highest BCUT2D eigenvalue weighted by atomic mass is 16.5. The maximum absolute atomic E-state index is 13.2. The van der Waals surface area contributed by atoms with Crippen molar-refractivity contribution in [3.8, 4) is 23.8 Å². The fourth-order valence-corrected chi connectivity index (χ4v) is 9.05. The van der Waals surface area contributed by atoms with Crippen LogP contribution in [0, 0.1) is 46.8 Å². The number of hydrogen-bond acceptors (Lipinski definition) is 5. The number of nitrogens with zero attached hydrogens (tertiary/aromatic N) is 2. The molecule has 0 aliphatic heterocycles. The molecule has 1 aromatic heterocycles. The van der Waals surface area contributed by atoms with Crippen LogP contribution >= 0.6 is 0 Å². The summed E-state index contributed by atoms with van der Waals surface area (Å²) in [6.45, 7) is 10.6. The lowest BCUT2D eigenvalue weighted by Crippen LogP contribution is -2.53. The van der Waals surface area contributed by atoms with Gasteiger partial charge in [-0.1, -0.05) is 26.0 Å². The minimum atomic E-state index is -0.0521. The molecule has 0 bridgehead atoms. The Morgan fingerprint density at radius 2 is 1.84 bits per heavy atom. The molecule has 3 aromatic rings. The molecule has 6 heteroatoms. The second kappa shape index (κ2) is 12.6. The van der Waals surface area contributed by atoms with Crippen LogP contribution in [0.25, 0.3) is 5.69 Å². The number of nitrogens with two attached hydrogens (primary N) is 1. The second-order valence-corrected chi connectivity index (χ2v) is 14.1. The quantitative estimate of drug-likeness (QED) is 0.118. The van der Waals surface area contributed by atoms with Gasteiger partial charge in [0.15, 0.2) is 5.78 Å². The summed E-state index contributed by atoms with van der Waals surface area (Å²) in [5.74, 6) is 4.89. The molecule has 45 heavy (non-hydrogen) atoms. The van der Waals surface area contributed by atoms with Crippen molar-refractivity contribution >= 4 is 5.78 Å². The predicted molar refractivity (Wildman–Crippen MR) is 178 cm³/mol. The molecular weight excluding hydrogens is 558 g/mol. The van der Waals surface area contributed by atoms with E-state index in [9.17, 15) is 9.90 Å². The number of terminal acetylenes is 1. The Balaban J connectivity index is 1.18. The fraction of sp³-hybridized carbons (Fsp3) is 0.487. The van der Waals surface area contributed by atoms with Gasteiger partial charge < -0.3 is 15.6 Å². The van der Waals surface area contributed by atoms with Gasteiger partial charge in [-0.3, -0.25) is 4.79 Å². The Morgan fingerprint density at radius 3 is 2.51 bits per heavy atom. The Morgan fingerprint density at radius 1 is 1.13 bits per heavy atom. The number of carbonyl (C=O) groups excluding carboxylic acids is 1. The number of aliphatic hydroxyl groups excluding tert-OH is 1. The molecule has 236 valence electrons. The van der Waals surface area contributed by atoms with E-state index in [1.807, 2.05) is 47.3 Å². The van der Waals surface area contributed by atoms with Crippen molar-refractivity contribution in [2.24, 2.45) is 40.2 Å². The van der Waals surface area contributed by atoms with E-state index < -0.39 is 0 Å². The highest BCUT2D eigenvalue weighted by Gasteiger charge is 2.56. The summed E-state index contributed by atoms with van der Waals surface area (Å²) >= 11 is 0. The van der Waals surface area contributed by atoms with Crippen LogP contribution in [-0.4, -0.2) is 40.4 Å². The number of aromatic nitrogens is 2. The molecule has 6 atom stereocenters. The first-order chi connectivity index (χ1) is 21.7. The number of fused-ring (bicyclic) bond motifs is 2. The molecule has 3 N–H and O–H groups in total. The Bertz CT molecular complexity index is 1580. The second-order valence-electron chi connectivity index (χ2n) is 14.1. The number of allylic oxidation sites excluding steroid dienone is 1. The average Bonchev–Trinajstić information content (AvgIpc) is 3.61. The molecule has 3 aliphatic carbocycles. The maximum atomic E-state index is 13.2. The van der Waals surface area contributed by atoms with E-state index in [0.29, 0.717) is 48.5 Å². The smallest absolute Gasteiger partial charge is 0.193 e. The molecule has 0 amide bonds. The van der Waals surface area contributed by atoms with Gasteiger partial charge in [-0.2, -0.15) is 5.10 Å². The molecule has 0 unspecified atom stereocenters. The predicted octanol–water partition coefficient (Wildman–Crippen LogP) is 6.57. The highest BCUT2D eigenvalue weighted by Crippen LogP contribution is 2.62. The van der Waals surface area contributed by atoms with Crippen LogP contribution < -0.4 is 10.5 Å². The molecular formula is C39H47N3O3. The third-order valence-electron chi connectivity index (χ3n) is 11.9. The summed E-state index contributed by atoms with van der Waals surface area (Å²) in [5.41, 5.74) is 12.7. The summed E-state index contributed by atoms with van der Waals surface area (Å²) < 4.78 is 7.71. The van der Waals surface area contributed by atoms with Crippen molar-refractivity contribution in [2.45, 2.75) is 65.2 Å². The van der Waals surface area contributed by atoms with E-state index in [1.165, 1.54) is 17.6 Å². The van der Waals surface area contributed by atoms with Crippen molar-refractivity contribution in [1.29, 1.82) is 0 Å². The standard InChI is InChI=1S/C39H47N3O3/c1-5-6-7-20-45-32-15-11-28(12-16-32)37(44)27-9-13-31(14-10-27)42-36-21-30(25-43)39(4,22-29(36)24-41-42)35-18-19-38(3)26(2)8-17-34(38)33(35)23-40/h1,9-16,24,30,33-35,43H,2,6-8,17-23,25,40H2,3-4H3/t30-,33-,34+,35+,38-,39+/m1/s1. The number of hydrogen-bond donors (Lipinski definition) is 2. The summed E-state index contributed by atoms with van der Waals surface area (Å²) in [4.78, 5) is 13.2. The van der Waals surface area contributed by atoms with Gasteiger partial charge in [-0.15, -0.1) is 12.3 Å². The largest absolute Gasteiger partial charge is 0.494 e. The lowest BCUT2D eigenvalue weighted by atomic mass is 9.49. The molecule has 0 radical (unpaired) electrons. The molecule has 0 spiro atoms. The van der Waals surface area contributed by atoms with Crippen LogP contribution in [0.5, 0.6) is 5.75 Å². The highest BCUT2D eigenvalue weighted by molar-refractivity contribution is 6.09. The molecule has 2 fully saturated rings. The van der Waals surface area contributed by atoms with E-state index in [0.717, 1.165) is 55.7 Å². The van der Waals surface area contributed by atoms with E-state index in [4.69, 9.17) is 22.0 Å². The summed E-state index contributed by atoms with van der Waals surface area (Å²) in [5, 5.41) is 15.6. The van der Waals surface area contributed by atoms with Gasteiger partial charge >= 0.3 is 0 Å². The Labute approximate surface area is 268 Å². The van der Waals surface area contributed by atoms with E-state index >= 15 is 0 Å². The van der Waals surface area contributed by atoms with Gasteiger partial charge in [0.25, 0.3) is 0 Å². The molecule has 0 saturated heterocycles. The Hall–Kier alpha value is -3.66. The molecule has 2 saturated carbocycles. The van der Waals surface area contributed by atoms with Crippen molar-refractivity contribution in [2.75, 3.05) is 19.8 Å². The molecule has 3 aliphatic rings. The first-order valence-electron chi connectivity index (χ1n) is 16.6. The third kappa shape index (κ3) is 5.55. The van der Waals surface area contributed by atoms with E-state index in [2.05, 4.69) is 26.3 Å². The van der Waals surface area contributed by atoms with Gasteiger partial charge in [-0.05, 0) is 140 Å². The first kappa shape index (κ1) is 31.3. The third-order valence-corrected chi connectivity index (χ3v) is 11.9. The maximum Gasteiger partial charge on any atom is 0.193 e. The van der Waals surface area contributed by atoms with Crippen LogP contribution in [0.3, 0.4) is 0 Å². The monoisotopic (exact) mass is 605 g/mol. The Kier molecular flexibility index (Phi) is 8.78. The number of carbonyl (C=O) groups is 1. The topological polar surface area (TPSA) is 90.4 Å². The molecule has 1 heterocycles. The number of unbranched alkanes of at least 4 members (excludes halogenated alkanes) is 1. The van der Waals surface area contributed by atoms with Crippen LogP contribution in [0.15, 0.2) is 66.9 Å². The summed E-state index contributed by atoms with van der Waals surface area (Å²) in [6, 6.07) is 14.9. The normalized spacial score (nSPS) is 29.1. The van der Waals surface area contributed by atoms with Crippen molar-refractivity contribution in [3.63, 3.8) is 0 Å². The van der Waals surface area contributed by atoms with Crippen molar-refractivity contribution < 1.29 is 14.6 Å². The minimum absolute atomic E-state index is 0.0390. The first-order valence-corrected chi connectivity index (χ1v) is 16.6. The van der Waals surface area contributed by atoms with Crippen LogP contribution in [0.1, 0.15) is 79.6 Å². The van der Waals surface area contributed by atoms with Gasteiger partial charge in [0.05, 0.1) is 18.5 Å². The van der Waals surface area contributed by atoms with E-state index in [1.54, 1.807) is 12.1 Å². The zero-order valence-electron chi connectivity index (χ0n) is 26.8. The zero-order chi connectivity index (χ0) is 31.8. The average molecular weight is 606 g/mol. The fourth-order valence-electron chi connectivity index (χ4n) is 9.05. The summed E-state index contributed by atoms with van der Waals surface area (Å²) in [7, 11) is 0. The van der Waals surface area contributed by atoms with Crippen LogP contribution in [-0.2, 0) is 12.8 Å². The molecule has 6 rings (SSSR count).